The molecule has 0 saturated heterocycles. The van der Waals surface area contributed by atoms with Crippen molar-refractivity contribution in [1.29, 1.82) is 0 Å². The Bertz CT molecular complexity index is 3450. The topological polar surface area (TPSA) is 0 Å². The summed E-state index contributed by atoms with van der Waals surface area (Å²) in [6, 6.07) is 67.8. The second kappa shape index (κ2) is 11.6. The standard InChI is InChI=1S/C52H30S2/c1-2-13-32-28-34(25-24-31(32)12-1)33-14-11-15-35(29-33)47-37-16-3-5-18-39(37)49(40-19-6-4-17-38(40)47)43-30-36-26-27-46-50(41-20-7-9-22-44(41)53-46)48(36)51-42-21-8-10-23-45(42)54-52(43)51/h1-30H. The van der Waals surface area contributed by atoms with Crippen LogP contribution < -0.4 is 0 Å². The smallest absolute Gasteiger partial charge is 0.0440 e. The van der Waals surface area contributed by atoms with E-state index in [9.17, 15) is 0 Å². The Morgan fingerprint density at radius 3 is 1.57 bits per heavy atom. The molecule has 250 valence electrons. The van der Waals surface area contributed by atoms with Gasteiger partial charge < -0.3 is 0 Å². The third-order valence-electron chi connectivity index (χ3n) is 11.4. The van der Waals surface area contributed by atoms with Crippen LogP contribution in [-0.4, -0.2) is 0 Å². The second-order valence-corrected chi connectivity index (χ2v) is 16.5. The normalized spacial score (nSPS) is 12.1. The minimum atomic E-state index is 1.23. The molecule has 0 aliphatic rings. The van der Waals surface area contributed by atoms with Gasteiger partial charge in [-0.2, -0.15) is 0 Å². The first kappa shape index (κ1) is 30.2. The number of rotatable bonds is 3. The van der Waals surface area contributed by atoms with E-state index in [0.29, 0.717) is 0 Å². The van der Waals surface area contributed by atoms with Gasteiger partial charge in [-0.3, -0.25) is 0 Å². The number of benzene rings is 10. The van der Waals surface area contributed by atoms with Crippen LogP contribution >= 0.6 is 22.7 Å². The maximum absolute atomic E-state index is 2.49. The van der Waals surface area contributed by atoms with Crippen molar-refractivity contribution >= 4 is 106 Å². The average Bonchev–Trinajstić information content (AvgIpc) is 3.82. The molecule has 0 spiro atoms. The summed E-state index contributed by atoms with van der Waals surface area (Å²) in [6.07, 6.45) is 0. The van der Waals surface area contributed by atoms with Gasteiger partial charge in [0.15, 0.2) is 0 Å². The lowest BCUT2D eigenvalue weighted by molar-refractivity contribution is 1.63. The zero-order valence-corrected chi connectivity index (χ0v) is 30.8. The molecule has 0 aliphatic carbocycles. The van der Waals surface area contributed by atoms with Crippen molar-refractivity contribution in [2.24, 2.45) is 0 Å². The fraction of sp³-hybridized carbons (Fsp3) is 0. The van der Waals surface area contributed by atoms with Crippen molar-refractivity contribution in [2.75, 3.05) is 0 Å². The quantitative estimate of drug-likeness (QED) is 0.160. The summed E-state index contributed by atoms with van der Waals surface area (Å²) in [4.78, 5) is 0. The highest BCUT2D eigenvalue weighted by Gasteiger charge is 2.23. The van der Waals surface area contributed by atoms with Crippen LogP contribution in [0, 0.1) is 0 Å². The Kier molecular flexibility index (Phi) is 6.48. The predicted molar refractivity (Wildman–Crippen MR) is 239 cm³/mol. The molecule has 12 rings (SSSR count). The van der Waals surface area contributed by atoms with E-state index in [1.54, 1.807) is 0 Å². The molecule has 2 aromatic heterocycles. The summed E-state index contributed by atoms with van der Waals surface area (Å²) in [5.74, 6) is 0. The van der Waals surface area contributed by atoms with Crippen LogP contribution in [-0.2, 0) is 0 Å². The first-order valence-corrected chi connectivity index (χ1v) is 20.1. The van der Waals surface area contributed by atoms with Gasteiger partial charge in [0.25, 0.3) is 0 Å². The molecule has 0 N–H and O–H groups in total. The highest BCUT2D eigenvalue weighted by molar-refractivity contribution is 7.27. The highest BCUT2D eigenvalue weighted by Crippen LogP contribution is 2.52. The Morgan fingerprint density at radius 2 is 0.833 bits per heavy atom. The molecule has 0 atom stereocenters. The van der Waals surface area contributed by atoms with E-state index in [-0.39, 0.29) is 0 Å². The first-order valence-electron chi connectivity index (χ1n) is 18.5. The van der Waals surface area contributed by atoms with Crippen LogP contribution in [0.5, 0.6) is 0 Å². The summed E-state index contributed by atoms with van der Waals surface area (Å²) in [6.45, 7) is 0. The molecule has 12 aromatic rings. The van der Waals surface area contributed by atoms with E-state index in [4.69, 9.17) is 0 Å². The van der Waals surface area contributed by atoms with E-state index in [0.717, 1.165) is 0 Å². The van der Waals surface area contributed by atoms with Crippen LogP contribution in [0.4, 0.5) is 0 Å². The van der Waals surface area contributed by atoms with Gasteiger partial charge >= 0.3 is 0 Å². The summed E-state index contributed by atoms with van der Waals surface area (Å²) >= 11 is 3.84. The summed E-state index contributed by atoms with van der Waals surface area (Å²) in [5.41, 5.74) is 7.59. The van der Waals surface area contributed by atoms with E-state index >= 15 is 0 Å². The Labute approximate surface area is 319 Å². The minimum absolute atomic E-state index is 1.23. The monoisotopic (exact) mass is 718 g/mol. The lowest BCUT2D eigenvalue weighted by Crippen LogP contribution is -1.92. The molecule has 0 amide bonds. The lowest BCUT2D eigenvalue weighted by Gasteiger charge is -2.19. The van der Waals surface area contributed by atoms with Gasteiger partial charge in [-0.05, 0) is 102 Å². The fourth-order valence-electron chi connectivity index (χ4n) is 9.07. The zero-order chi connectivity index (χ0) is 35.3. The van der Waals surface area contributed by atoms with Gasteiger partial charge in [-0.25, -0.2) is 0 Å². The molecule has 2 heterocycles. The Hall–Kier alpha value is -6.32. The number of hydrogen-bond donors (Lipinski definition) is 0. The summed E-state index contributed by atoms with van der Waals surface area (Å²) < 4.78 is 5.37. The van der Waals surface area contributed by atoms with E-state index in [2.05, 4.69) is 182 Å². The van der Waals surface area contributed by atoms with Crippen molar-refractivity contribution in [1.82, 2.24) is 0 Å². The van der Waals surface area contributed by atoms with E-state index < -0.39 is 0 Å². The largest absolute Gasteiger partial charge is 0.135 e. The molecule has 0 saturated carbocycles. The van der Waals surface area contributed by atoms with Gasteiger partial charge in [0.2, 0.25) is 0 Å². The fourth-order valence-corrected chi connectivity index (χ4v) is 11.4. The van der Waals surface area contributed by atoms with Crippen LogP contribution in [0.25, 0.3) is 117 Å². The van der Waals surface area contributed by atoms with Crippen LogP contribution in [0.3, 0.4) is 0 Å². The predicted octanol–water partition coefficient (Wildman–Crippen LogP) is 16.0. The van der Waals surface area contributed by atoms with Gasteiger partial charge in [0, 0.05) is 51.3 Å². The second-order valence-electron chi connectivity index (χ2n) is 14.3. The maximum Gasteiger partial charge on any atom is 0.0440 e. The summed E-state index contributed by atoms with van der Waals surface area (Å²) in [5, 5.41) is 15.7. The third kappa shape index (κ3) is 4.36. The number of thiophene rings is 2. The van der Waals surface area contributed by atoms with Gasteiger partial charge in [0.1, 0.15) is 0 Å². The lowest BCUT2D eigenvalue weighted by atomic mass is 9.84. The number of fused-ring (bicyclic) bond motifs is 12. The molecular weight excluding hydrogens is 689 g/mol. The molecule has 54 heavy (non-hydrogen) atoms. The SMILES string of the molecule is c1cc(-c2ccc3ccccc3c2)cc(-c2c3ccccc3c(-c3cc4ccc5sc6ccccc6c5c4c4c3sc3ccccc34)c3ccccc23)c1. The van der Waals surface area contributed by atoms with Gasteiger partial charge in [0.05, 0.1) is 0 Å². The molecule has 0 bridgehead atoms. The molecule has 2 heteroatoms. The maximum atomic E-state index is 2.49. The van der Waals surface area contributed by atoms with E-state index in [1.807, 2.05) is 22.7 Å². The number of hydrogen-bond acceptors (Lipinski definition) is 2. The van der Waals surface area contributed by atoms with E-state index in [1.165, 1.54) is 117 Å². The minimum Gasteiger partial charge on any atom is -0.135 e. The average molecular weight is 719 g/mol. The van der Waals surface area contributed by atoms with Crippen molar-refractivity contribution in [2.45, 2.75) is 0 Å². The van der Waals surface area contributed by atoms with Crippen molar-refractivity contribution in [3.8, 4) is 33.4 Å². The molecule has 0 nitrogen and oxygen atoms in total. The van der Waals surface area contributed by atoms with Crippen molar-refractivity contribution < 1.29 is 0 Å². The van der Waals surface area contributed by atoms with Gasteiger partial charge in [-0.15, -0.1) is 22.7 Å². The Morgan fingerprint density at radius 1 is 0.278 bits per heavy atom. The van der Waals surface area contributed by atoms with Crippen molar-refractivity contribution in [3.63, 3.8) is 0 Å². The molecule has 0 fully saturated rings. The van der Waals surface area contributed by atoms with Crippen LogP contribution in [0.15, 0.2) is 182 Å². The van der Waals surface area contributed by atoms with Crippen LogP contribution in [0.1, 0.15) is 0 Å². The summed E-state index contributed by atoms with van der Waals surface area (Å²) in [7, 11) is 0. The molecule has 10 aromatic carbocycles. The Balaban J connectivity index is 1.18. The third-order valence-corrected chi connectivity index (χ3v) is 13.7. The zero-order valence-electron chi connectivity index (χ0n) is 29.1. The molecule has 0 unspecified atom stereocenters. The molecule has 0 radical (unpaired) electrons. The highest BCUT2D eigenvalue weighted by atomic mass is 32.1. The molecular formula is C52H30S2. The first-order chi connectivity index (χ1) is 26.8. The molecule has 0 aliphatic heterocycles. The van der Waals surface area contributed by atoms with Crippen LogP contribution in [0.2, 0.25) is 0 Å². The van der Waals surface area contributed by atoms with Gasteiger partial charge in [-0.1, -0.05) is 146 Å². The van der Waals surface area contributed by atoms with Crippen molar-refractivity contribution in [3.05, 3.63) is 182 Å².